The Morgan fingerprint density at radius 3 is 3.12 bits per heavy atom. The zero-order valence-electron chi connectivity index (χ0n) is 9.81. The second kappa shape index (κ2) is 3.98. The van der Waals surface area contributed by atoms with Crippen LogP contribution in [0.25, 0.3) is 5.69 Å². The lowest BCUT2D eigenvalue weighted by Crippen LogP contribution is -2.03. The Morgan fingerprint density at radius 2 is 2.29 bits per heavy atom. The van der Waals surface area contributed by atoms with Crippen LogP contribution in [0.2, 0.25) is 0 Å². The lowest BCUT2D eigenvalue weighted by atomic mass is 10.2. The van der Waals surface area contributed by atoms with Crippen molar-refractivity contribution in [1.29, 1.82) is 0 Å². The standard InChI is InChI=1S/C13H15N3O/c1-9-12-7-17-8-13(12)16(15-9)11-4-2-3-10(5-11)6-14/h2-5H,6-8,14H2,1H3. The number of nitrogens with two attached hydrogens (primary N) is 1. The molecule has 0 amide bonds. The largest absolute Gasteiger partial charge is 0.370 e. The van der Waals surface area contributed by atoms with Crippen molar-refractivity contribution in [1.82, 2.24) is 9.78 Å². The Morgan fingerprint density at radius 1 is 1.41 bits per heavy atom. The van der Waals surface area contributed by atoms with Gasteiger partial charge in [-0.25, -0.2) is 4.68 Å². The second-order valence-electron chi connectivity index (χ2n) is 4.29. The number of rotatable bonds is 2. The van der Waals surface area contributed by atoms with Crippen LogP contribution in [0, 0.1) is 6.92 Å². The molecule has 1 aliphatic rings. The number of aromatic nitrogens is 2. The maximum atomic E-state index is 5.66. The maximum Gasteiger partial charge on any atom is 0.0897 e. The Bertz CT molecular complexity index is 560. The van der Waals surface area contributed by atoms with Crippen LogP contribution >= 0.6 is 0 Å². The van der Waals surface area contributed by atoms with Crippen LogP contribution in [-0.2, 0) is 24.5 Å². The van der Waals surface area contributed by atoms with E-state index < -0.39 is 0 Å². The Labute approximate surface area is 100 Å². The molecule has 0 atom stereocenters. The van der Waals surface area contributed by atoms with E-state index in [1.54, 1.807) is 0 Å². The normalized spacial score (nSPS) is 14.0. The minimum absolute atomic E-state index is 0.548. The minimum Gasteiger partial charge on any atom is -0.370 e. The molecule has 0 spiro atoms. The van der Waals surface area contributed by atoms with Crippen LogP contribution in [0.15, 0.2) is 24.3 Å². The van der Waals surface area contributed by atoms with Gasteiger partial charge in [-0.05, 0) is 24.6 Å². The van der Waals surface area contributed by atoms with Gasteiger partial charge in [-0.15, -0.1) is 0 Å². The Balaban J connectivity index is 2.12. The Kier molecular flexibility index (Phi) is 2.46. The first-order valence-electron chi connectivity index (χ1n) is 5.74. The van der Waals surface area contributed by atoms with E-state index >= 15 is 0 Å². The summed E-state index contributed by atoms with van der Waals surface area (Å²) in [6.07, 6.45) is 0. The van der Waals surface area contributed by atoms with Crippen molar-refractivity contribution >= 4 is 0 Å². The number of nitrogens with zero attached hydrogens (tertiary/aromatic N) is 2. The molecular weight excluding hydrogens is 214 g/mol. The van der Waals surface area contributed by atoms with Gasteiger partial charge in [-0.3, -0.25) is 0 Å². The van der Waals surface area contributed by atoms with Crippen molar-refractivity contribution in [2.45, 2.75) is 26.7 Å². The predicted molar refractivity (Wildman–Crippen MR) is 64.7 cm³/mol. The molecule has 0 bridgehead atoms. The van der Waals surface area contributed by atoms with Crippen LogP contribution in [0.1, 0.15) is 22.5 Å². The van der Waals surface area contributed by atoms with Crippen LogP contribution in [0.4, 0.5) is 0 Å². The van der Waals surface area contributed by atoms with E-state index in [-0.39, 0.29) is 0 Å². The van der Waals surface area contributed by atoms with Crippen molar-refractivity contribution in [3.63, 3.8) is 0 Å². The van der Waals surface area contributed by atoms with E-state index in [0.29, 0.717) is 19.8 Å². The van der Waals surface area contributed by atoms with E-state index in [2.05, 4.69) is 11.2 Å². The van der Waals surface area contributed by atoms with Gasteiger partial charge >= 0.3 is 0 Å². The first-order chi connectivity index (χ1) is 8.29. The number of ether oxygens (including phenoxy) is 1. The van der Waals surface area contributed by atoms with E-state index in [1.807, 2.05) is 29.8 Å². The lowest BCUT2D eigenvalue weighted by Gasteiger charge is -2.06. The van der Waals surface area contributed by atoms with Gasteiger partial charge in [0.25, 0.3) is 0 Å². The number of hydrogen-bond donors (Lipinski definition) is 1. The molecule has 0 unspecified atom stereocenters. The van der Waals surface area contributed by atoms with Crippen molar-refractivity contribution in [2.24, 2.45) is 5.73 Å². The molecule has 0 radical (unpaired) electrons. The highest BCUT2D eigenvalue weighted by Gasteiger charge is 2.21. The van der Waals surface area contributed by atoms with Gasteiger partial charge in [0.1, 0.15) is 0 Å². The molecule has 0 fully saturated rings. The predicted octanol–water partition coefficient (Wildman–Crippen LogP) is 1.67. The molecule has 1 aromatic carbocycles. The molecule has 0 aliphatic carbocycles. The lowest BCUT2D eigenvalue weighted by molar-refractivity contribution is 0.130. The fraction of sp³-hybridized carbons (Fsp3) is 0.308. The monoisotopic (exact) mass is 229 g/mol. The molecule has 17 heavy (non-hydrogen) atoms. The van der Waals surface area contributed by atoms with Gasteiger partial charge in [-0.1, -0.05) is 12.1 Å². The smallest absolute Gasteiger partial charge is 0.0897 e. The topological polar surface area (TPSA) is 53.1 Å². The summed E-state index contributed by atoms with van der Waals surface area (Å²) < 4.78 is 7.44. The third-order valence-corrected chi connectivity index (χ3v) is 3.17. The van der Waals surface area contributed by atoms with E-state index in [0.717, 1.165) is 22.6 Å². The first-order valence-corrected chi connectivity index (χ1v) is 5.74. The SMILES string of the molecule is Cc1nn(-c2cccc(CN)c2)c2c1COC2. The fourth-order valence-corrected chi connectivity index (χ4v) is 2.22. The third-order valence-electron chi connectivity index (χ3n) is 3.17. The second-order valence-corrected chi connectivity index (χ2v) is 4.29. The molecule has 3 rings (SSSR count). The van der Waals surface area contributed by atoms with Gasteiger partial charge < -0.3 is 10.5 Å². The molecule has 2 heterocycles. The fourth-order valence-electron chi connectivity index (χ4n) is 2.22. The van der Waals surface area contributed by atoms with Gasteiger partial charge in [0.15, 0.2) is 0 Å². The Hall–Kier alpha value is -1.65. The molecule has 4 heteroatoms. The average Bonchev–Trinajstić information content (AvgIpc) is 2.94. The molecular formula is C13H15N3O. The van der Waals surface area contributed by atoms with Gasteiger partial charge in [0.05, 0.1) is 30.3 Å². The summed E-state index contributed by atoms with van der Waals surface area (Å²) >= 11 is 0. The molecule has 1 aliphatic heterocycles. The van der Waals surface area contributed by atoms with Crippen LogP contribution < -0.4 is 5.73 Å². The highest BCUT2D eigenvalue weighted by atomic mass is 16.5. The quantitative estimate of drug-likeness (QED) is 0.852. The summed E-state index contributed by atoms with van der Waals surface area (Å²) in [5.41, 5.74) is 11.3. The summed E-state index contributed by atoms with van der Waals surface area (Å²) in [5, 5.41) is 4.57. The maximum absolute atomic E-state index is 5.66. The van der Waals surface area contributed by atoms with Crippen LogP contribution in [-0.4, -0.2) is 9.78 Å². The van der Waals surface area contributed by atoms with Crippen molar-refractivity contribution in [3.05, 3.63) is 46.8 Å². The molecule has 2 N–H and O–H groups in total. The van der Waals surface area contributed by atoms with E-state index in [1.165, 1.54) is 5.56 Å². The number of fused-ring (bicyclic) bond motifs is 1. The van der Waals surface area contributed by atoms with Crippen molar-refractivity contribution in [3.8, 4) is 5.69 Å². The van der Waals surface area contributed by atoms with Gasteiger partial charge in [-0.2, -0.15) is 5.10 Å². The number of aryl methyl sites for hydroxylation is 1. The van der Waals surface area contributed by atoms with Crippen molar-refractivity contribution in [2.75, 3.05) is 0 Å². The summed E-state index contributed by atoms with van der Waals surface area (Å²) in [7, 11) is 0. The summed E-state index contributed by atoms with van der Waals surface area (Å²) in [6, 6.07) is 8.16. The van der Waals surface area contributed by atoms with Crippen molar-refractivity contribution < 1.29 is 4.74 Å². The van der Waals surface area contributed by atoms with Gasteiger partial charge in [0, 0.05) is 12.1 Å². The minimum atomic E-state index is 0.548. The molecule has 1 aromatic heterocycles. The van der Waals surface area contributed by atoms with E-state index in [4.69, 9.17) is 10.5 Å². The van der Waals surface area contributed by atoms with Crippen LogP contribution in [0.3, 0.4) is 0 Å². The highest BCUT2D eigenvalue weighted by molar-refractivity contribution is 5.40. The average molecular weight is 229 g/mol. The first kappa shape index (κ1) is 10.5. The number of hydrogen-bond acceptors (Lipinski definition) is 3. The van der Waals surface area contributed by atoms with E-state index in [9.17, 15) is 0 Å². The third kappa shape index (κ3) is 1.66. The zero-order chi connectivity index (χ0) is 11.8. The molecule has 4 nitrogen and oxygen atoms in total. The summed E-state index contributed by atoms with van der Waals surface area (Å²) in [4.78, 5) is 0. The molecule has 88 valence electrons. The highest BCUT2D eigenvalue weighted by Crippen LogP contribution is 2.25. The molecule has 2 aromatic rings. The summed E-state index contributed by atoms with van der Waals surface area (Å²) in [5.74, 6) is 0. The van der Waals surface area contributed by atoms with Gasteiger partial charge in [0.2, 0.25) is 0 Å². The molecule has 0 saturated heterocycles. The summed E-state index contributed by atoms with van der Waals surface area (Å²) in [6.45, 7) is 3.89. The zero-order valence-corrected chi connectivity index (χ0v) is 9.81. The molecule has 0 saturated carbocycles. The van der Waals surface area contributed by atoms with Crippen LogP contribution in [0.5, 0.6) is 0 Å². The number of benzene rings is 1.